The maximum atomic E-state index is 11.6. The Morgan fingerprint density at radius 3 is 2.57 bits per heavy atom. The van der Waals surface area contributed by atoms with E-state index in [0.717, 1.165) is 4.47 Å². The lowest BCUT2D eigenvalue weighted by Crippen LogP contribution is -2.09. The lowest BCUT2D eigenvalue weighted by atomic mass is 10.1. The van der Waals surface area contributed by atoms with Crippen molar-refractivity contribution >= 4 is 33.9 Å². The van der Waals surface area contributed by atoms with E-state index in [1.165, 1.54) is 13.2 Å². The number of hydrogen-bond acceptors (Lipinski definition) is 4. The van der Waals surface area contributed by atoms with Gasteiger partial charge in [-0.15, -0.1) is 0 Å². The second-order valence-corrected chi connectivity index (χ2v) is 5.44. The Morgan fingerprint density at radius 2 is 2.05 bits per heavy atom. The van der Waals surface area contributed by atoms with Gasteiger partial charge in [0.1, 0.15) is 5.75 Å². The number of hydrogen-bond donors (Lipinski definition) is 1. The molecule has 21 heavy (non-hydrogen) atoms. The normalized spacial score (nSPS) is 11.4. The molecular weight excluding hydrogens is 340 g/mol. The number of esters is 1. The monoisotopic (exact) mass is 356 g/mol. The molecule has 0 aliphatic carbocycles. The van der Waals surface area contributed by atoms with E-state index in [-0.39, 0.29) is 11.7 Å². The highest BCUT2D eigenvalue weighted by Gasteiger charge is 2.15. The Hall–Kier alpha value is -1.82. The molecule has 1 aromatic carbocycles. The summed E-state index contributed by atoms with van der Waals surface area (Å²) in [5.41, 5.74) is 0.710. The molecule has 0 spiro atoms. The van der Waals surface area contributed by atoms with Gasteiger partial charge in [0.25, 0.3) is 0 Å². The van der Waals surface area contributed by atoms with Crippen LogP contribution in [0.4, 0.5) is 0 Å². The van der Waals surface area contributed by atoms with Crippen molar-refractivity contribution in [3.05, 3.63) is 33.8 Å². The summed E-state index contributed by atoms with van der Waals surface area (Å²) >= 11 is 3.36. The van der Waals surface area contributed by atoms with Crippen LogP contribution in [0.2, 0.25) is 0 Å². The van der Waals surface area contributed by atoms with Crippen LogP contribution >= 0.6 is 15.9 Å². The first-order chi connectivity index (χ1) is 9.83. The number of carbonyl (C=O) groups excluding carboxylic acids is 1. The summed E-state index contributed by atoms with van der Waals surface area (Å²) in [6.07, 6.45) is 1.09. The van der Waals surface area contributed by atoms with Crippen molar-refractivity contribution in [1.82, 2.24) is 0 Å². The minimum atomic E-state index is -1.10. The molecule has 0 bridgehead atoms. The van der Waals surface area contributed by atoms with Crippen LogP contribution in [0.15, 0.2) is 28.2 Å². The summed E-state index contributed by atoms with van der Waals surface area (Å²) in [5, 5.41) is 8.86. The summed E-state index contributed by atoms with van der Waals surface area (Å²) in [4.78, 5) is 22.5. The molecule has 0 aliphatic heterocycles. The minimum Gasteiger partial charge on any atom is -0.491 e. The van der Waals surface area contributed by atoms with Crippen molar-refractivity contribution in [2.24, 2.45) is 0 Å². The van der Waals surface area contributed by atoms with Gasteiger partial charge in [0.2, 0.25) is 0 Å². The number of halogens is 1. The van der Waals surface area contributed by atoms with E-state index in [2.05, 4.69) is 20.7 Å². The van der Waals surface area contributed by atoms with Gasteiger partial charge in [0.15, 0.2) is 0 Å². The Morgan fingerprint density at radius 1 is 1.38 bits per heavy atom. The zero-order valence-corrected chi connectivity index (χ0v) is 13.6. The molecule has 1 rings (SSSR count). The van der Waals surface area contributed by atoms with Gasteiger partial charge < -0.3 is 14.6 Å². The minimum absolute atomic E-state index is 0.0158. The van der Waals surface area contributed by atoms with Gasteiger partial charge in [0.05, 0.1) is 19.6 Å². The van der Waals surface area contributed by atoms with Gasteiger partial charge in [0, 0.05) is 10.0 Å². The van der Waals surface area contributed by atoms with Crippen LogP contribution in [0.1, 0.15) is 25.8 Å². The van der Waals surface area contributed by atoms with E-state index in [0.29, 0.717) is 11.3 Å². The van der Waals surface area contributed by atoms with Crippen LogP contribution in [0.3, 0.4) is 0 Å². The number of ether oxygens (including phenoxy) is 2. The molecular formula is C15H17BrO5. The van der Waals surface area contributed by atoms with Crippen LogP contribution in [0.5, 0.6) is 5.75 Å². The number of carboxylic acids is 1. The van der Waals surface area contributed by atoms with Crippen molar-refractivity contribution in [3.8, 4) is 5.75 Å². The summed E-state index contributed by atoms with van der Waals surface area (Å²) in [7, 11) is 1.21. The van der Waals surface area contributed by atoms with Crippen molar-refractivity contribution in [2.75, 3.05) is 7.11 Å². The first-order valence-corrected chi connectivity index (χ1v) is 7.09. The van der Waals surface area contributed by atoms with E-state index >= 15 is 0 Å². The fraction of sp³-hybridized carbons (Fsp3) is 0.333. The molecule has 0 saturated carbocycles. The third-order valence-electron chi connectivity index (χ3n) is 2.46. The Kier molecular flexibility index (Phi) is 6.42. The molecule has 6 heteroatoms. The first kappa shape index (κ1) is 17.2. The molecule has 0 aliphatic rings. The molecule has 0 radical (unpaired) electrons. The van der Waals surface area contributed by atoms with Crippen LogP contribution in [0.25, 0.3) is 6.08 Å². The molecule has 0 amide bonds. The van der Waals surface area contributed by atoms with Gasteiger partial charge in [-0.25, -0.2) is 4.79 Å². The lowest BCUT2D eigenvalue weighted by Gasteiger charge is -2.11. The SMILES string of the molecule is COC(=O)/C(=C/c1cc(OC(C)C)ccc1Br)CC(=O)O. The van der Waals surface area contributed by atoms with Crippen molar-refractivity contribution in [3.63, 3.8) is 0 Å². The molecule has 0 atom stereocenters. The summed E-state index contributed by atoms with van der Waals surface area (Å²) < 4.78 is 10.9. The maximum Gasteiger partial charge on any atom is 0.334 e. The molecule has 1 aromatic rings. The highest BCUT2D eigenvalue weighted by molar-refractivity contribution is 9.10. The number of aliphatic carboxylic acids is 1. The number of carboxylic acid groups (broad SMARTS) is 1. The summed E-state index contributed by atoms with van der Waals surface area (Å²) in [6, 6.07) is 5.30. The second kappa shape index (κ2) is 7.83. The van der Waals surface area contributed by atoms with Crippen LogP contribution < -0.4 is 4.74 Å². The number of rotatable bonds is 6. The summed E-state index contributed by atoms with van der Waals surface area (Å²) in [6.45, 7) is 3.81. The van der Waals surface area contributed by atoms with Gasteiger partial charge in [-0.3, -0.25) is 4.79 Å². The van der Waals surface area contributed by atoms with Gasteiger partial charge in [-0.05, 0) is 43.7 Å². The van der Waals surface area contributed by atoms with Gasteiger partial charge in [-0.1, -0.05) is 15.9 Å². The van der Waals surface area contributed by atoms with Crippen molar-refractivity contribution in [2.45, 2.75) is 26.4 Å². The highest BCUT2D eigenvalue weighted by Crippen LogP contribution is 2.26. The highest BCUT2D eigenvalue weighted by atomic mass is 79.9. The topological polar surface area (TPSA) is 72.8 Å². The standard InChI is InChI=1S/C15H17BrO5/c1-9(2)21-12-4-5-13(16)10(7-12)6-11(8-14(17)18)15(19)20-3/h4-7,9H,8H2,1-3H3,(H,17,18)/b11-6+. The van der Waals surface area contributed by atoms with Crippen LogP contribution in [-0.4, -0.2) is 30.3 Å². The van der Waals surface area contributed by atoms with E-state index in [1.807, 2.05) is 13.8 Å². The van der Waals surface area contributed by atoms with E-state index in [4.69, 9.17) is 9.84 Å². The number of methoxy groups -OCH3 is 1. The summed E-state index contributed by atoms with van der Waals surface area (Å²) in [5.74, 6) is -1.13. The fourth-order valence-electron chi connectivity index (χ4n) is 1.64. The van der Waals surface area contributed by atoms with Crippen LogP contribution in [0, 0.1) is 0 Å². The Labute approximate surface area is 131 Å². The molecule has 0 aromatic heterocycles. The zero-order chi connectivity index (χ0) is 16.0. The zero-order valence-electron chi connectivity index (χ0n) is 12.1. The number of benzene rings is 1. The van der Waals surface area contributed by atoms with E-state index < -0.39 is 18.4 Å². The lowest BCUT2D eigenvalue weighted by molar-refractivity contribution is -0.141. The Bertz CT molecular complexity index is 563. The molecule has 0 heterocycles. The average Bonchev–Trinajstić information content (AvgIpc) is 2.39. The molecule has 0 saturated heterocycles. The largest absolute Gasteiger partial charge is 0.491 e. The molecule has 114 valence electrons. The smallest absolute Gasteiger partial charge is 0.334 e. The quantitative estimate of drug-likeness (QED) is 0.625. The molecule has 0 unspecified atom stereocenters. The third-order valence-corrected chi connectivity index (χ3v) is 3.18. The predicted molar refractivity (Wildman–Crippen MR) is 82.2 cm³/mol. The fourth-order valence-corrected chi connectivity index (χ4v) is 2.00. The average molecular weight is 357 g/mol. The maximum absolute atomic E-state index is 11.6. The predicted octanol–water partition coefficient (Wildman–Crippen LogP) is 3.27. The van der Waals surface area contributed by atoms with Crippen molar-refractivity contribution < 1.29 is 24.2 Å². The first-order valence-electron chi connectivity index (χ1n) is 6.30. The van der Waals surface area contributed by atoms with E-state index in [1.54, 1.807) is 18.2 Å². The van der Waals surface area contributed by atoms with Gasteiger partial charge in [-0.2, -0.15) is 0 Å². The molecule has 0 fully saturated rings. The van der Waals surface area contributed by atoms with E-state index in [9.17, 15) is 9.59 Å². The second-order valence-electron chi connectivity index (χ2n) is 4.58. The van der Waals surface area contributed by atoms with Crippen LogP contribution in [-0.2, 0) is 14.3 Å². The number of carbonyl (C=O) groups is 2. The third kappa shape index (κ3) is 5.59. The Balaban J connectivity index is 3.18. The molecule has 1 N–H and O–H groups in total. The molecule has 5 nitrogen and oxygen atoms in total. The van der Waals surface area contributed by atoms with Gasteiger partial charge >= 0.3 is 11.9 Å². The van der Waals surface area contributed by atoms with Crippen molar-refractivity contribution in [1.29, 1.82) is 0 Å².